The molecule has 0 aromatic heterocycles. The second kappa shape index (κ2) is 6.34. The lowest BCUT2D eigenvalue weighted by atomic mass is 9.61. The van der Waals surface area contributed by atoms with E-state index in [2.05, 4.69) is 13.8 Å². The molecule has 1 aliphatic carbocycles. The zero-order chi connectivity index (χ0) is 19.3. The van der Waals surface area contributed by atoms with Crippen molar-refractivity contribution in [2.75, 3.05) is 7.11 Å². The average Bonchev–Trinajstić information content (AvgIpc) is 2.89. The second-order valence-corrected chi connectivity index (χ2v) is 10.5. The van der Waals surface area contributed by atoms with Crippen LogP contribution in [-0.2, 0) is 19.6 Å². The van der Waals surface area contributed by atoms with Crippen molar-refractivity contribution in [1.29, 1.82) is 0 Å². The number of ether oxygens (including phenoxy) is 1. The molecule has 144 valence electrons. The number of hydrogen-bond acceptors (Lipinski definition) is 4. The zero-order valence-electron chi connectivity index (χ0n) is 16.3. The molecule has 0 bridgehead atoms. The highest BCUT2D eigenvalue weighted by atomic mass is 32.2. The van der Waals surface area contributed by atoms with Gasteiger partial charge in [0.2, 0.25) is 10.0 Å². The highest BCUT2D eigenvalue weighted by Gasteiger charge is 2.62. The molecule has 5 nitrogen and oxygen atoms in total. The number of sulfonamides is 1. The van der Waals surface area contributed by atoms with Gasteiger partial charge in [-0.3, -0.25) is 4.79 Å². The summed E-state index contributed by atoms with van der Waals surface area (Å²) in [5.41, 5.74) is 0.402. The van der Waals surface area contributed by atoms with Gasteiger partial charge in [0, 0.05) is 5.54 Å². The Bertz CT molecular complexity index is 800. The quantitative estimate of drug-likeness (QED) is 0.754. The van der Waals surface area contributed by atoms with Gasteiger partial charge in [-0.25, -0.2) is 8.42 Å². The summed E-state index contributed by atoms with van der Waals surface area (Å²) in [6, 6.07) is 6.08. The number of rotatable bonds is 3. The van der Waals surface area contributed by atoms with Crippen LogP contribution in [0.5, 0.6) is 0 Å². The Balaban J connectivity index is 2.14. The van der Waals surface area contributed by atoms with E-state index in [0.717, 1.165) is 24.8 Å². The fourth-order valence-electron chi connectivity index (χ4n) is 5.20. The van der Waals surface area contributed by atoms with E-state index in [4.69, 9.17) is 4.74 Å². The van der Waals surface area contributed by atoms with Crippen LogP contribution in [0.25, 0.3) is 0 Å². The summed E-state index contributed by atoms with van der Waals surface area (Å²) in [7, 11) is -2.48. The van der Waals surface area contributed by atoms with E-state index in [1.807, 2.05) is 13.8 Å². The lowest BCUT2D eigenvalue weighted by Gasteiger charge is -2.49. The molecule has 0 N–H and O–H groups in total. The summed E-state index contributed by atoms with van der Waals surface area (Å²) >= 11 is 0. The number of nitrogens with zero attached hydrogens (tertiary/aromatic N) is 1. The molecular weight excluding hydrogens is 350 g/mol. The van der Waals surface area contributed by atoms with Crippen LogP contribution in [-0.4, -0.2) is 37.4 Å². The topological polar surface area (TPSA) is 63.7 Å². The van der Waals surface area contributed by atoms with Crippen molar-refractivity contribution in [2.24, 2.45) is 11.3 Å². The summed E-state index contributed by atoms with van der Waals surface area (Å²) in [4.78, 5) is 12.8. The number of esters is 1. The van der Waals surface area contributed by atoms with Gasteiger partial charge in [0.1, 0.15) is 6.04 Å². The van der Waals surface area contributed by atoms with Crippen LogP contribution < -0.4 is 0 Å². The first-order chi connectivity index (χ1) is 12.0. The van der Waals surface area contributed by atoms with Crippen molar-refractivity contribution < 1.29 is 17.9 Å². The minimum atomic E-state index is -3.81. The highest BCUT2D eigenvalue weighted by Crippen LogP contribution is 2.57. The maximum absolute atomic E-state index is 13.6. The summed E-state index contributed by atoms with van der Waals surface area (Å²) < 4.78 is 33.6. The first-order valence-electron chi connectivity index (χ1n) is 9.23. The fourth-order valence-corrected chi connectivity index (χ4v) is 7.18. The van der Waals surface area contributed by atoms with Gasteiger partial charge in [0.15, 0.2) is 0 Å². The van der Waals surface area contributed by atoms with Gasteiger partial charge < -0.3 is 4.74 Å². The minimum absolute atomic E-state index is 0.0170. The molecule has 2 aliphatic rings. The summed E-state index contributed by atoms with van der Waals surface area (Å²) in [6.45, 7) is 8.30. The summed E-state index contributed by atoms with van der Waals surface area (Å²) in [5.74, 6) is -0.347. The van der Waals surface area contributed by atoms with E-state index >= 15 is 0 Å². The molecule has 1 heterocycles. The molecule has 3 rings (SSSR count). The molecule has 26 heavy (non-hydrogen) atoms. The van der Waals surface area contributed by atoms with Crippen molar-refractivity contribution in [1.82, 2.24) is 4.31 Å². The van der Waals surface area contributed by atoms with Gasteiger partial charge in [-0.1, -0.05) is 38.0 Å². The maximum atomic E-state index is 13.6. The average molecular weight is 380 g/mol. The normalized spacial score (nSPS) is 31.4. The van der Waals surface area contributed by atoms with Crippen molar-refractivity contribution in [2.45, 2.75) is 69.9 Å². The Kier molecular flexibility index (Phi) is 4.72. The predicted octanol–water partition coefficient (Wildman–Crippen LogP) is 3.52. The van der Waals surface area contributed by atoms with Crippen LogP contribution in [0.3, 0.4) is 0 Å². The van der Waals surface area contributed by atoms with Crippen LogP contribution in [0.2, 0.25) is 0 Å². The van der Waals surface area contributed by atoms with Gasteiger partial charge in [0.05, 0.1) is 12.0 Å². The molecule has 6 heteroatoms. The van der Waals surface area contributed by atoms with Crippen LogP contribution >= 0.6 is 0 Å². The van der Waals surface area contributed by atoms with E-state index in [9.17, 15) is 13.2 Å². The Labute approximate surface area is 156 Å². The van der Waals surface area contributed by atoms with Crippen LogP contribution in [0.4, 0.5) is 0 Å². The standard InChI is InChI=1S/C20H29NO4S/c1-14-7-9-15(10-8-14)26(23,24)21-16(18(22)25-5)13-17-19(2,3)11-6-12-20(17,21)4/h7-10,16-17H,6,11-13H2,1-5H3/t16?,17-,20-/m0/s1. The third-order valence-corrected chi connectivity index (χ3v) is 8.55. The number of fused-ring (bicyclic) bond motifs is 1. The van der Waals surface area contributed by atoms with Gasteiger partial charge in [-0.15, -0.1) is 0 Å². The molecular formula is C20H29NO4S. The predicted molar refractivity (Wildman–Crippen MR) is 100 cm³/mol. The van der Waals surface area contributed by atoms with Gasteiger partial charge >= 0.3 is 5.97 Å². The van der Waals surface area contributed by atoms with Crippen molar-refractivity contribution >= 4 is 16.0 Å². The number of aryl methyl sites for hydroxylation is 1. The smallest absolute Gasteiger partial charge is 0.324 e. The largest absolute Gasteiger partial charge is 0.468 e. The first-order valence-corrected chi connectivity index (χ1v) is 10.7. The number of benzene rings is 1. The van der Waals surface area contributed by atoms with E-state index in [1.165, 1.54) is 11.4 Å². The number of methoxy groups -OCH3 is 1. The zero-order valence-corrected chi connectivity index (χ0v) is 17.1. The highest BCUT2D eigenvalue weighted by molar-refractivity contribution is 7.89. The van der Waals surface area contributed by atoms with Crippen molar-refractivity contribution in [3.63, 3.8) is 0 Å². The number of hydrogen-bond donors (Lipinski definition) is 0. The van der Waals surface area contributed by atoms with E-state index in [1.54, 1.807) is 24.3 Å². The molecule has 0 spiro atoms. The van der Waals surface area contributed by atoms with Crippen LogP contribution in [0, 0.1) is 18.3 Å². The van der Waals surface area contributed by atoms with E-state index in [-0.39, 0.29) is 16.2 Å². The second-order valence-electron chi connectivity index (χ2n) is 8.64. The van der Waals surface area contributed by atoms with Crippen molar-refractivity contribution in [3.05, 3.63) is 29.8 Å². The van der Waals surface area contributed by atoms with E-state index < -0.39 is 27.6 Å². The lowest BCUT2D eigenvalue weighted by molar-refractivity contribution is -0.145. The Morgan fingerprint density at radius 1 is 1.15 bits per heavy atom. The molecule has 2 fully saturated rings. The van der Waals surface area contributed by atoms with Crippen molar-refractivity contribution in [3.8, 4) is 0 Å². The first kappa shape index (κ1) is 19.4. The third kappa shape index (κ3) is 2.87. The van der Waals surface area contributed by atoms with Gasteiger partial charge in [-0.05, 0) is 56.6 Å². The summed E-state index contributed by atoms with van der Waals surface area (Å²) in [5, 5.41) is 0. The molecule has 1 unspecified atom stereocenters. The minimum Gasteiger partial charge on any atom is -0.468 e. The molecule has 1 aromatic carbocycles. The van der Waals surface area contributed by atoms with Crippen LogP contribution in [0.15, 0.2) is 29.2 Å². The number of carbonyl (C=O) groups excluding carboxylic acids is 1. The SMILES string of the molecule is COC(=O)C1C[C@H]2C(C)(C)CCC[C@]2(C)N1S(=O)(=O)c1ccc(C)cc1. The van der Waals surface area contributed by atoms with Gasteiger partial charge in [0.25, 0.3) is 0 Å². The Morgan fingerprint density at radius 2 is 1.77 bits per heavy atom. The molecule has 1 saturated carbocycles. The monoisotopic (exact) mass is 379 g/mol. The summed E-state index contributed by atoms with van der Waals surface area (Å²) in [6.07, 6.45) is 3.27. The molecule has 1 saturated heterocycles. The molecule has 0 radical (unpaired) electrons. The maximum Gasteiger partial charge on any atom is 0.324 e. The number of carbonyl (C=O) groups is 1. The Hall–Kier alpha value is -1.40. The third-order valence-electron chi connectivity index (χ3n) is 6.49. The van der Waals surface area contributed by atoms with E-state index in [0.29, 0.717) is 6.42 Å². The molecule has 1 aliphatic heterocycles. The lowest BCUT2D eigenvalue weighted by Crippen LogP contribution is -2.56. The molecule has 3 atom stereocenters. The molecule has 1 aromatic rings. The van der Waals surface area contributed by atoms with Gasteiger partial charge in [-0.2, -0.15) is 4.31 Å². The van der Waals surface area contributed by atoms with Crippen LogP contribution in [0.1, 0.15) is 52.0 Å². The molecule has 0 amide bonds. The Morgan fingerprint density at radius 3 is 2.35 bits per heavy atom. The fraction of sp³-hybridized carbons (Fsp3) is 0.650.